The number of carbonyl (C=O) groups excluding carboxylic acids is 1. The van der Waals surface area contributed by atoms with E-state index in [0.29, 0.717) is 11.9 Å². The molecule has 4 rings (SSSR count). The largest absolute Gasteiger partial charge is 0.416 e. The van der Waals surface area contributed by atoms with Crippen LogP contribution >= 0.6 is 11.6 Å². The van der Waals surface area contributed by atoms with Gasteiger partial charge in [-0.05, 0) is 61.9 Å². The number of hydrogen-bond donors (Lipinski definition) is 2. The van der Waals surface area contributed by atoms with Crippen LogP contribution in [0, 0.1) is 5.92 Å². The van der Waals surface area contributed by atoms with Gasteiger partial charge < -0.3 is 10.6 Å². The van der Waals surface area contributed by atoms with Crippen molar-refractivity contribution in [2.24, 2.45) is 5.92 Å². The fraction of sp³-hybridized carbons (Fsp3) is 0.381. The Hall–Kier alpha value is -2.81. The third kappa shape index (κ3) is 4.92. The SMILES string of the molecule is O=C(N[C@H]1CC[C@H](CNc2nnc3ccccn23)CC1)c1cc(C(F)(F)F)ccc1Cl. The molecule has 31 heavy (non-hydrogen) atoms. The highest BCUT2D eigenvalue weighted by Gasteiger charge is 2.32. The second-order valence-electron chi connectivity index (χ2n) is 7.72. The molecule has 1 aliphatic carbocycles. The van der Waals surface area contributed by atoms with Crippen LogP contribution in [0.1, 0.15) is 41.6 Å². The van der Waals surface area contributed by atoms with Gasteiger partial charge in [-0.3, -0.25) is 9.20 Å². The lowest BCUT2D eigenvalue weighted by atomic mass is 9.86. The van der Waals surface area contributed by atoms with E-state index in [0.717, 1.165) is 56.1 Å². The molecule has 164 valence electrons. The number of rotatable bonds is 5. The Morgan fingerprint density at radius 1 is 1.13 bits per heavy atom. The first kappa shape index (κ1) is 21.4. The molecule has 2 heterocycles. The number of nitrogens with one attached hydrogen (secondary N) is 2. The molecule has 1 saturated carbocycles. The second kappa shape index (κ2) is 8.74. The topological polar surface area (TPSA) is 71.3 Å². The molecule has 0 unspecified atom stereocenters. The highest BCUT2D eigenvalue weighted by atomic mass is 35.5. The van der Waals surface area contributed by atoms with E-state index in [9.17, 15) is 18.0 Å². The van der Waals surface area contributed by atoms with Gasteiger partial charge in [0.2, 0.25) is 5.95 Å². The summed E-state index contributed by atoms with van der Waals surface area (Å²) in [6.07, 6.45) is 0.615. The standard InChI is InChI=1S/C21H21ClF3N5O/c22-17-9-6-14(21(23,24)25)11-16(17)19(31)27-15-7-4-13(5-8-15)12-26-20-29-28-18-3-1-2-10-30(18)20/h1-3,6,9-11,13,15H,4-5,7-8,12H2,(H,26,29)(H,27,31)/t13-,15-. The van der Waals surface area contributed by atoms with Crippen molar-refractivity contribution in [3.63, 3.8) is 0 Å². The summed E-state index contributed by atoms with van der Waals surface area (Å²) in [6.45, 7) is 0.732. The summed E-state index contributed by atoms with van der Waals surface area (Å²) in [5.74, 6) is 0.513. The Labute approximate surface area is 181 Å². The monoisotopic (exact) mass is 451 g/mol. The molecule has 0 bridgehead atoms. The highest BCUT2D eigenvalue weighted by Crippen LogP contribution is 2.32. The molecular weight excluding hydrogens is 431 g/mol. The normalized spacial score (nSPS) is 19.4. The van der Waals surface area contributed by atoms with E-state index >= 15 is 0 Å². The van der Waals surface area contributed by atoms with E-state index in [2.05, 4.69) is 20.8 Å². The molecule has 1 aromatic carbocycles. The first-order valence-electron chi connectivity index (χ1n) is 10.0. The van der Waals surface area contributed by atoms with Gasteiger partial charge in [0.15, 0.2) is 5.65 Å². The second-order valence-corrected chi connectivity index (χ2v) is 8.12. The molecule has 1 fully saturated rings. The minimum Gasteiger partial charge on any atom is -0.354 e. The number of anilines is 1. The summed E-state index contributed by atoms with van der Waals surface area (Å²) < 4.78 is 40.7. The minimum absolute atomic E-state index is 0.00363. The lowest BCUT2D eigenvalue weighted by molar-refractivity contribution is -0.137. The van der Waals surface area contributed by atoms with Gasteiger partial charge in [-0.25, -0.2) is 0 Å². The molecule has 1 aliphatic rings. The molecule has 0 radical (unpaired) electrons. The molecule has 3 aromatic rings. The molecular formula is C21H21ClF3N5O. The lowest BCUT2D eigenvalue weighted by Gasteiger charge is -2.29. The van der Waals surface area contributed by atoms with Crippen molar-refractivity contribution in [2.45, 2.75) is 37.9 Å². The molecule has 6 nitrogen and oxygen atoms in total. The average Bonchev–Trinajstić information content (AvgIpc) is 3.16. The number of halogens is 4. The van der Waals surface area contributed by atoms with E-state index in [-0.39, 0.29) is 16.6 Å². The lowest BCUT2D eigenvalue weighted by Crippen LogP contribution is -2.38. The van der Waals surface area contributed by atoms with Crippen molar-refractivity contribution in [3.05, 3.63) is 58.7 Å². The summed E-state index contributed by atoms with van der Waals surface area (Å²) in [5.41, 5.74) is -0.276. The Morgan fingerprint density at radius 3 is 2.65 bits per heavy atom. The maximum absolute atomic E-state index is 12.9. The summed E-state index contributed by atoms with van der Waals surface area (Å²) in [5, 5.41) is 14.4. The van der Waals surface area contributed by atoms with Crippen molar-refractivity contribution in [3.8, 4) is 0 Å². The minimum atomic E-state index is -4.53. The zero-order valence-electron chi connectivity index (χ0n) is 16.5. The smallest absolute Gasteiger partial charge is 0.354 e. The van der Waals surface area contributed by atoms with Crippen LogP contribution in [0.15, 0.2) is 42.6 Å². The third-order valence-electron chi connectivity index (χ3n) is 5.58. The molecule has 0 saturated heterocycles. The number of alkyl halides is 3. The number of aromatic nitrogens is 3. The number of carbonyl (C=O) groups is 1. The first-order chi connectivity index (χ1) is 14.8. The van der Waals surface area contributed by atoms with Crippen LogP contribution in [0.4, 0.5) is 19.1 Å². The third-order valence-corrected chi connectivity index (χ3v) is 5.91. The van der Waals surface area contributed by atoms with E-state index < -0.39 is 17.6 Å². The fourth-order valence-corrected chi connectivity index (χ4v) is 4.05. The molecule has 10 heteroatoms. The van der Waals surface area contributed by atoms with Gasteiger partial charge in [0.05, 0.1) is 16.1 Å². The molecule has 0 atom stereocenters. The van der Waals surface area contributed by atoms with E-state index in [1.165, 1.54) is 0 Å². The summed E-state index contributed by atoms with van der Waals surface area (Å²) in [4.78, 5) is 12.5. The van der Waals surface area contributed by atoms with Crippen LogP contribution in [0.25, 0.3) is 5.65 Å². The number of pyridine rings is 1. The number of nitrogens with zero attached hydrogens (tertiary/aromatic N) is 3. The molecule has 0 aliphatic heterocycles. The molecule has 2 aromatic heterocycles. The number of amides is 1. The molecule has 2 N–H and O–H groups in total. The van der Waals surface area contributed by atoms with Gasteiger partial charge >= 0.3 is 6.18 Å². The Bertz CT molecular complexity index is 1080. The van der Waals surface area contributed by atoms with Crippen molar-refractivity contribution in [1.82, 2.24) is 19.9 Å². The van der Waals surface area contributed by atoms with Crippen molar-refractivity contribution in [2.75, 3.05) is 11.9 Å². The quantitative estimate of drug-likeness (QED) is 0.584. The van der Waals surface area contributed by atoms with Gasteiger partial charge in [0, 0.05) is 18.8 Å². The Balaban J connectivity index is 1.30. The van der Waals surface area contributed by atoms with Crippen molar-refractivity contribution >= 4 is 29.1 Å². The van der Waals surface area contributed by atoms with Gasteiger partial charge in [-0.2, -0.15) is 13.2 Å². The summed E-state index contributed by atoms with van der Waals surface area (Å²) in [7, 11) is 0. The van der Waals surface area contributed by atoms with E-state index in [1.54, 1.807) is 0 Å². The fourth-order valence-electron chi connectivity index (χ4n) is 3.85. The van der Waals surface area contributed by atoms with Crippen LogP contribution in [0.3, 0.4) is 0 Å². The maximum atomic E-state index is 12.9. The summed E-state index contributed by atoms with van der Waals surface area (Å²) in [6, 6.07) is 8.37. The summed E-state index contributed by atoms with van der Waals surface area (Å²) >= 11 is 5.96. The number of fused-ring (bicyclic) bond motifs is 1. The van der Waals surface area contributed by atoms with Crippen LogP contribution in [0.2, 0.25) is 5.02 Å². The van der Waals surface area contributed by atoms with E-state index in [1.807, 2.05) is 28.8 Å². The van der Waals surface area contributed by atoms with Crippen molar-refractivity contribution in [1.29, 1.82) is 0 Å². The zero-order chi connectivity index (χ0) is 22.0. The van der Waals surface area contributed by atoms with Gasteiger partial charge in [0.1, 0.15) is 0 Å². The van der Waals surface area contributed by atoms with Crippen molar-refractivity contribution < 1.29 is 18.0 Å². The van der Waals surface area contributed by atoms with Crippen LogP contribution in [0.5, 0.6) is 0 Å². The Kier molecular flexibility index (Phi) is 6.04. The van der Waals surface area contributed by atoms with Gasteiger partial charge in [-0.15, -0.1) is 10.2 Å². The number of hydrogen-bond acceptors (Lipinski definition) is 4. The molecule has 1 amide bonds. The van der Waals surface area contributed by atoms with E-state index in [4.69, 9.17) is 11.6 Å². The zero-order valence-corrected chi connectivity index (χ0v) is 17.2. The predicted molar refractivity (Wildman–Crippen MR) is 111 cm³/mol. The molecule has 0 spiro atoms. The van der Waals surface area contributed by atoms with Gasteiger partial charge in [-0.1, -0.05) is 17.7 Å². The predicted octanol–water partition coefficient (Wildman–Crippen LogP) is 4.80. The Morgan fingerprint density at radius 2 is 1.90 bits per heavy atom. The maximum Gasteiger partial charge on any atom is 0.416 e. The van der Waals surface area contributed by atoms with Crippen LogP contribution in [-0.4, -0.2) is 33.1 Å². The van der Waals surface area contributed by atoms with Gasteiger partial charge in [0.25, 0.3) is 5.91 Å². The number of benzene rings is 1. The van der Waals surface area contributed by atoms with Crippen LogP contribution in [-0.2, 0) is 6.18 Å². The average molecular weight is 452 g/mol. The first-order valence-corrected chi connectivity index (χ1v) is 10.4. The highest BCUT2D eigenvalue weighted by molar-refractivity contribution is 6.33. The van der Waals surface area contributed by atoms with Crippen LogP contribution < -0.4 is 10.6 Å².